The smallest absolute Gasteiger partial charge is 0.338 e. The summed E-state index contributed by atoms with van der Waals surface area (Å²) in [4.78, 5) is 12.8. The maximum absolute atomic E-state index is 12.8. The van der Waals surface area contributed by atoms with Gasteiger partial charge in [-0.05, 0) is 45.7 Å². The first-order valence-corrected chi connectivity index (χ1v) is 7.73. The normalized spacial score (nSPS) is 18.1. The van der Waals surface area contributed by atoms with Crippen molar-refractivity contribution in [1.82, 2.24) is 0 Å². The molecule has 0 saturated carbocycles. The molecule has 1 atom stereocenters. The maximum Gasteiger partial charge on any atom is 0.338 e. The zero-order valence-electron chi connectivity index (χ0n) is 14.6. The number of allylic oxidation sites excluding steroid dienone is 2. The third-order valence-corrected chi connectivity index (χ3v) is 3.72. The average molecular weight is 326 g/mol. The Kier molecular flexibility index (Phi) is 4.70. The van der Waals surface area contributed by atoms with Crippen LogP contribution in [0.5, 0.6) is 0 Å². The highest BCUT2D eigenvalue weighted by Gasteiger charge is 2.38. The van der Waals surface area contributed by atoms with Gasteiger partial charge in [0, 0.05) is 0 Å². The van der Waals surface area contributed by atoms with Crippen LogP contribution in [0.1, 0.15) is 44.7 Å². The van der Waals surface area contributed by atoms with E-state index in [1.54, 1.807) is 27.7 Å². The van der Waals surface area contributed by atoms with Crippen molar-refractivity contribution < 1.29 is 14.3 Å². The van der Waals surface area contributed by atoms with Crippen molar-refractivity contribution in [2.45, 2.75) is 46.1 Å². The zero-order chi connectivity index (χ0) is 18.1. The van der Waals surface area contributed by atoms with Gasteiger partial charge in [-0.15, -0.1) is 0 Å². The summed E-state index contributed by atoms with van der Waals surface area (Å²) in [6.07, 6.45) is 0. The molecule has 1 heterocycles. The lowest BCUT2D eigenvalue weighted by Gasteiger charge is -2.30. The molecule has 0 fully saturated rings. The fourth-order valence-corrected chi connectivity index (χ4v) is 2.70. The third kappa shape index (κ3) is 3.43. The van der Waals surface area contributed by atoms with E-state index in [4.69, 9.17) is 15.2 Å². The molecule has 5 nitrogen and oxygen atoms in total. The molecule has 1 aromatic rings. The predicted molar refractivity (Wildman–Crippen MR) is 90.4 cm³/mol. The number of carbonyl (C=O) groups excluding carboxylic acids is 1. The van der Waals surface area contributed by atoms with Gasteiger partial charge in [-0.25, -0.2) is 4.79 Å². The molecule has 0 aliphatic carbocycles. The number of hydrogen-bond acceptors (Lipinski definition) is 5. The summed E-state index contributed by atoms with van der Waals surface area (Å²) in [5.74, 6) is -0.724. The van der Waals surface area contributed by atoms with Crippen molar-refractivity contribution in [3.63, 3.8) is 0 Å². The fourth-order valence-electron chi connectivity index (χ4n) is 2.70. The van der Waals surface area contributed by atoms with Crippen LogP contribution in [0.15, 0.2) is 47.1 Å². The number of hydrogen-bond donors (Lipinski definition) is 1. The van der Waals surface area contributed by atoms with Crippen LogP contribution < -0.4 is 5.73 Å². The molecule has 0 amide bonds. The molecular weight excluding hydrogens is 304 g/mol. The molecule has 0 bridgehead atoms. The summed E-state index contributed by atoms with van der Waals surface area (Å²) in [6.45, 7) is 8.97. The molecule has 24 heavy (non-hydrogen) atoms. The topological polar surface area (TPSA) is 85.3 Å². The minimum Gasteiger partial charge on any atom is -0.456 e. The van der Waals surface area contributed by atoms with Crippen molar-refractivity contribution in [3.05, 3.63) is 58.2 Å². The molecule has 0 radical (unpaired) electrons. The Bertz CT molecular complexity index is 777. The van der Waals surface area contributed by atoms with Crippen LogP contribution in [-0.4, -0.2) is 11.6 Å². The lowest BCUT2D eigenvalue weighted by molar-refractivity contribution is -0.150. The molecule has 1 aliphatic heterocycles. The minimum absolute atomic E-state index is 0.0237. The Balaban J connectivity index is 2.62. The van der Waals surface area contributed by atoms with Crippen LogP contribution in [0.3, 0.4) is 0 Å². The summed E-state index contributed by atoms with van der Waals surface area (Å²) in [5.41, 5.74) is 7.56. The zero-order valence-corrected chi connectivity index (χ0v) is 14.6. The van der Waals surface area contributed by atoms with Crippen LogP contribution in [0.4, 0.5) is 0 Å². The molecular formula is C19H22N2O3. The Hall–Kier alpha value is -2.74. The quantitative estimate of drug-likeness (QED) is 0.842. The lowest BCUT2D eigenvalue weighted by Crippen LogP contribution is -2.30. The van der Waals surface area contributed by atoms with E-state index < -0.39 is 17.5 Å². The fraction of sp³-hybridized carbons (Fsp3) is 0.368. The number of nitrogens with two attached hydrogens (primary N) is 1. The van der Waals surface area contributed by atoms with Gasteiger partial charge in [-0.2, -0.15) is 5.26 Å². The molecule has 0 saturated heterocycles. The number of rotatable bonds is 2. The second-order valence-corrected chi connectivity index (χ2v) is 6.75. The molecule has 126 valence electrons. The number of aryl methyl sites for hydroxylation is 1. The largest absolute Gasteiger partial charge is 0.456 e. The summed E-state index contributed by atoms with van der Waals surface area (Å²) < 4.78 is 11.0. The van der Waals surface area contributed by atoms with Crippen LogP contribution in [0.25, 0.3) is 0 Å². The minimum atomic E-state index is -0.653. The van der Waals surface area contributed by atoms with Gasteiger partial charge < -0.3 is 15.2 Å². The van der Waals surface area contributed by atoms with E-state index in [0.29, 0.717) is 11.3 Å². The van der Waals surface area contributed by atoms with Crippen molar-refractivity contribution >= 4 is 5.97 Å². The van der Waals surface area contributed by atoms with E-state index >= 15 is 0 Å². The van der Waals surface area contributed by atoms with Gasteiger partial charge in [-0.1, -0.05) is 24.3 Å². The van der Waals surface area contributed by atoms with Gasteiger partial charge in [0.1, 0.15) is 23.0 Å². The van der Waals surface area contributed by atoms with E-state index in [1.165, 1.54) is 0 Å². The van der Waals surface area contributed by atoms with Gasteiger partial charge in [0.25, 0.3) is 0 Å². The summed E-state index contributed by atoms with van der Waals surface area (Å²) in [5, 5.41) is 9.56. The van der Waals surface area contributed by atoms with Gasteiger partial charge in [0.05, 0.1) is 11.5 Å². The predicted octanol–water partition coefficient (Wildman–Crippen LogP) is 3.42. The highest BCUT2D eigenvalue weighted by molar-refractivity contribution is 5.93. The van der Waals surface area contributed by atoms with Crippen molar-refractivity contribution in [3.8, 4) is 6.07 Å². The van der Waals surface area contributed by atoms with Crippen molar-refractivity contribution in [2.24, 2.45) is 5.73 Å². The molecule has 2 N–H and O–H groups in total. The van der Waals surface area contributed by atoms with E-state index in [1.807, 2.05) is 31.2 Å². The van der Waals surface area contributed by atoms with Crippen LogP contribution in [0.2, 0.25) is 0 Å². The van der Waals surface area contributed by atoms with Crippen LogP contribution in [0, 0.1) is 18.3 Å². The second-order valence-electron chi connectivity index (χ2n) is 6.75. The molecule has 0 unspecified atom stereocenters. The highest BCUT2D eigenvalue weighted by atomic mass is 16.6. The van der Waals surface area contributed by atoms with E-state index in [9.17, 15) is 10.1 Å². The Morgan fingerprint density at radius 3 is 2.46 bits per heavy atom. The number of nitrogens with zero attached hydrogens (tertiary/aromatic N) is 1. The summed E-state index contributed by atoms with van der Waals surface area (Å²) in [7, 11) is 0. The first-order chi connectivity index (χ1) is 11.2. The highest BCUT2D eigenvalue weighted by Crippen LogP contribution is 2.41. The molecule has 2 rings (SSSR count). The Morgan fingerprint density at radius 1 is 1.29 bits per heavy atom. The summed E-state index contributed by atoms with van der Waals surface area (Å²) >= 11 is 0. The first-order valence-electron chi connectivity index (χ1n) is 7.73. The number of carbonyl (C=O) groups is 1. The Morgan fingerprint density at radius 2 is 1.92 bits per heavy atom. The number of nitriles is 1. The number of ether oxygens (including phenoxy) is 2. The average Bonchev–Trinajstić information content (AvgIpc) is 2.45. The molecule has 0 aromatic heterocycles. The van der Waals surface area contributed by atoms with E-state index in [0.717, 1.165) is 11.1 Å². The first kappa shape index (κ1) is 17.6. The molecule has 5 heteroatoms. The van der Waals surface area contributed by atoms with Gasteiger partial charge in [0.2, 0.25) is 5.88 Å². The van der Waals surface area contributed by atoms with Gasteiger partial charge >= 0.3 is 5.97 Å². The van der Waals surface area contributed by atoms with Crippen molar-refractivity contribution in [2.75, 3.05) is 0 Å². The monoisotopic (exact) mass is 326 g/mol. The second kappa shape index (κ2) is 6.40. The van der Waals surface area contributed by atoms with E-state index in [2.05, 4.69) is 6.07 Å². The van der Waals surface area contributed by atoms with Crippen LogP contribution in [-0.2, 0) is 14.3 Å². The van der Waals surface area contributed by atoms with Gasteiger partial charge in [-0.3, -0.25) is 0 Å². The third-order valence-electron chi connectivity index (χ3n) is 3.72. The number of benzene rings is 1. The van der Waals surface area contributed by atoms with Gasteiger partial charge in [0.15, 0.2) is 0 Å². The van der Waals surface area contributed by atoms with Crippen LogP contribution >= 0.6 is 0 Å². The standard InChI is InChI=1S/C19H22N2O3/c1-11-8-6-7-9-13(11)16-14(10-20)17(21)23-12(2)15(16)18(22)24-19(3,4)5/h6-9,16H,21H2,1-5H3/t16-/m1/s1. The summed E-state index contributed by atoms with van der Waals surface area (Å²) in [6, 6.07) is 9.67. The van der Waals surface area contributed by atoms with E-state index in [-0.39, 0.29) is 11.5 Å². The lowest BCUT2D eigenvalue weighted by atomic mass is 9.81. The Labute approximate surface area is 142 Å². The maximum atomic E-state index is 12.8. The van der Waals surface area contributed by atoms with Crippen molar-refractivity contribution in [1.29, 1.82) is 5.26 Å². The molecule has 1 aromatic carbocycles. The SMILES string of the molecule is CC1=C(C(=O)OC(C)(C)C)[C@H](c2ccccc2C)C(C#N)=C(N)O1. The molecule has 1 aliphatic rings. The molecule has 0 spiro atoms. The number of esters is 1.